The van der Waals surface area contributed by atoms with Gasteiger partial charge in [0.1, 0.15) is 0 Å². The van der Waals surface area contributed by atoms with Gasteiger partial charge in [0.2, 0.25) is 0 Å². The minimum Gasteiger partial charge on any atom is -0.110 e. The van der Waals surface area contributed by atoms with E-state index in [1.165, 1.54) is 42.3 Å². The number of rotatable bonds is 3. The largest absolute Gasteiger partial charge is 0.280 e. The van der Waals surface area contributed by atoms with E-state index in [2.05, 4.69) is 0 Å². The SMILES string of the molecule is CN(C)[S+](F)(F)(N(C)C)N(C)C. The zero-order valence-corrected chi connectivity index (χ0v) is 9.32. The number of hydrogen-bond donors (Lipinski definition) is 0. The van der Waals surface area contributed by atoms with Gasteiger partial charge in [0.05, 0.1) is 0 Å². The Balaban J connectivity index is 5.09. The maximum absolute atomic E-state index is 14.1. The molecule has 0 aliphatic rings. The molecule has 6 heteroatoms. The van der Waals surface area contributed by atoms with Crippen LogP contribution < -0.4 is 0 Å². The summed E-state index contributed by atoms with van der Waals surface area (Å²) in [5.74, 6) is 0. The highest BCUT2D eigenvalue weighted by atomic mass is 32.4. The first kappa shape index (κ1) is 12.1. The summed E-state index contributed by atoms with van der Waals surface area (Å²) in [6, 6.07) is 0. The fourth-order valence-electron chi connectivity index (χ4n) is 0.980. The molecule has 0 aliphatic carbocycles. The van der Waals surface area contributed by atoms with Crippen molar-refractivity contribution >= 4 is 10.5 Å². The van der Waals surface area contributed by atoms with Gasteiger partial charge in [-0.25, -0.2) is 0 Å². The first-order chi connectivity index (χ1) is 5.13. The normalized spacial score (nSPS) is 17.1. The Morgan fingerprint density at radius 3 is 0.833 bits per heavy atom. The molecule has 0 N–H and O–H groups in total. The number of hydrogen-bond acceptors (Lipinski definition) is 3. The van der Waals surface area contributed by atoms with Gasteiger partial charge in [0.15, 0.2) is 0 Å². The fraction of sp³-hybridized carbons (Fsp3) is 1.00. The quantitative estimate of drug-likeness (QED) is 0.629. The maximum atomic E-state index is 14.1. The van der Waals surface area contributed by atoms with Gasteiger partial charge in [-0.1, -0.05) is 0 Å². The molecule has 0 spiro atoms. The van der Waals surface area contributed by atoms with Crippen LogP contribution in [0.15, 0.2) is 0 Å². The molecular formula is C6H18F2N3S+. The molecule has 0 bridgehead atoms. The molecule has 0 fully saturated rings. The minimum absolute atomic E-state index is 0.983. The van der Waals surface area contributed by atoms with E-state index in [1.807, 2.05) is 0 Å². The molecule has 0 aromatic rings. The molecule has 0 atom stereocenters. The lowest BCUT2D eigenvalue weighted by atomic mass is 11.2. The van der Waals surface area contributed by atoms with Crippen LogP contribution in [0, 0.1) is 0 Å². The molecule has 0 aliphatic heterocycles. The van der Waals surface area contributed by atoms with Gasteiger partial charge in [-0.05, 0) is 0 Å². The summed E-state index contributed by atoms with van der Waals surface area (Å²) in [5, 5.41) is 0. The zero-order chi connectivity index (χ0) is 10.2. The van der Waals surface area contributed by atoms with Crippen LogP contribution in [0.2, 0.25) is 0 Å². The minimum atomic E-state index is -4.69. The molecule has 0 aromatic carbocycles. The van der Waals surface area contributed by atoms with E-state index in [-0.39, 0.29) is 0 Å². The number of nitrogens with zero attached hydrogens (tertiary/aromatic N) is 3. The summed E-state index contributed by atoms with van der Waals surface area (Å²) in [5.41, 5.74) is 0. The van der Waals surface area contributed by atoms with Gasteiger partial charge >= 0.3 is 0 Å². The van der Waals surface area contributed by atoms with Crippen molar-refractivity contribution in [2.75, 3.05) is 42.3 Å². The third-order valence-electron chi connectivity index (χ3n) is 1.81. The van der Waals surface area contributed by atoms with Crippen molar-refractivity contribution in [1.82, 2.24) is 12.9 Å². The van der Waals surface area contributed by atoms with Crippen molar-refractivity contribution in [2.45, 2.75) is 0 Å². The summed E-state index contributed by atoms with van der Waals surface area (Å²) < 4.78 is 31.1. The average Bonchev–Trinajstić information content (AvgIpc) is 1.86. The molecule has 76 valence electrons. The van der Waals surface area contributed by atoms with E-state index < -0.39 is 10.5 Å². The molecule has 0 saturated carbocycles. The maximum Gasteiger partial charge on any atom is 0.280 e. The topological polar surface area (TPSA) is 9.72 Å². The van der Waals surface area contributed by atoms with Crippen molar-refractivity contribution in [2.24, 2.45) is 0 Å². The molecule has 0 amide bonds. The van der Waals surface area contributed by atoms with Crippen LogP contribution in [0.5, 0.6) is 0 Å². The Hall–Kier alpha value is 0.0900. The van der Waals surface area contributed by atoms with Crippen LogP contribution in [0.1, 0.15) is 0 Å². The Bertz CT molecular complexity index is 142. The van der Waals surface area contributed by atoms with Crippen LogP contribution in [0.3, 0.4) is 0 Å². The molecule has 0 heterocycles. The van der Waals surface area contributed by atoms with E-state index >= 15 is 0 Å². The second-order valence-corrected chi connectivity index (χ2v) is 6.78. The third-order valence-corrected chi connectivity index (χ3v) is 5.42. The van der Waals surface area contributed by atoms with E-state index in [4.69, 9.17) is 0 Å². The fourth-order valence-corrected chi connectivity index (χ4v) is 2.94. The summed E-state index contributed by atoms with van der Waals surface area (Å²) in [7, 11) is 3.65. The van der Waals surface area contributed by atoms with Crippen LogP contribution in [0.4, 0.5) is 7.77 Å². The molecule has 0 rings (SSSR count). The molecule has 0 unspecified atom stereocenters. The lowest BCUT2D eigenvalue weighted by Gasteiger charge is -2.46. The lowest BCUT2D eigenvalue weighted by molar-refractivity contribution is 0.337. The van der Waals surface area contributed by atoms with Gasteiger partial charge in [-0.3, -0.25) is 0 Å². The average molecular weight is 202 g/mol. The highest BCUT2D eigenvalue weighted by Gasteiger charge is 2.61. The van der Waals surface area contributed by atoms with Gasteiger partial charge in [-0.15, -0.1) is 12.9 Å². The smallest absolute Gasteiger partial charge is 0.110 e. The summed E-state index contributed by atoms with van der Waals surface area (Å²) in [4.78, 5) is 0. The Labute approximate surface area is 74.2 Å². The monoisotopic (exact) mass is 202 g/mol. The highest BCUT2D eigenvalue weighted by molar-refractivity contribution is 8.15. The van der Waals surface area contributed by atoms with Crippen LogP contribution in [0.25, 0.3) is 0 Å². The predicted molar refractivity (Wildman–Crippen MR) is 50.6 cm³/mol. The first-order valence-electron chi connectivity index (χ1n) is 3.54. The van der Waals surface area contributed by atoms with E-state index in [1.54, 1.807) is 0 Å². The molecule has 0 saturated heterocycles. The zero-order valence-electron chi connectivity index (χ0n) is 8.51. The lowest BCUT2D eigenvalue weighted by Crippen LogP contribution is -2.64. The van der Waals surface area contributed by atoms with E-state index in [0.717, 1.165) is 12.9 Å². The standard InChI is InChI=1S/C6H18F2N3S/c1-9(2)12(7,8,10(3)4)11(5)6/h1-6H3/q+1. The van der Waals surface area contributed by atoms with Crippen molar-refractivity contribution < 1.29 is 7.77 Å². The Kier molecular flexibility index (Phi) is 3.12. The van der Waals surface area contributed by atoms with Gasteiger partial charge in [0.25, 0.3) is 10.5 Å². The molecule has 12 heavy (non-hydrogen) atoms. The Morgan fingerprint density at radius 1 is 0.667 bits per heavy atom. The van der Waals surface area contributed by atoms with E-state index in [0.29, 0.717) is 0 Å². The molecule has 3 nitrogen and oxygen atoms in total. The number of halogens is 2. The molecular weight excluding hydrogens is 184 g/mol. The summed E-state index contributed by atoms with van der Waals surface area (Å²) >= 11 is 0. The van der Waals surface area contributed by atoms with Crippen molar-refractivity contribution in [3.63, 3.8) is 0 Å². The summed E-state index contributed by atoms with van der Waals surface area (Å²) in [6.45, 7) is 0. The van der Waals surface area contributed by atoms with Gasteiger partial charge in [-0.2, -0.15) is 0 Å². The third kappa shape index (κ3) is 1.44. The second-order valence-electron chi connectivity index (χ2n) is 3.15. The molecule has 0 radical (unpaired) electrons. The van der Waals surface area contributed by atoms with Gasteiger partial charge in [0, 0.05) is 50.1 Å². The van der Waals surface area contributed by atoms with Crippen LogP contribution in [-0.4, -0.2) is 55.2 Å². The van der Waals surface area contributed by atoms with Crippen LogP contribution in [-0.2, 0) is 10.5 Å². The second kappa shape index (κ2) is 3.10. The summed E-state index contributed by atoms with van der Waals surface area (Å²) in [6.07, 6.45) is 0. The molecule has 0 aromatic heterocycles. The van der Waals surface area contributed by atoms with Gasteiger partial charge < -0.3 is 0 Å². The predicted octanol–water partition coefficient (Wildman–Crippen LogP) is 0.875. The highest BCUT2D eigenvalue weighted by Crippen LogP contribution is 2.46. The van der Waals surface area contributed by atoms with Crippen molar-refractivity contribution in [1.29, 1.82) is 0 Å². The first-order valence-corrected chi connectivity index (χ1v) is 5.25. The Morgan fingerprint density at radius 2 is 0.833 bits per heavy atom. The van der Waals surface area contributed by atoms with E-state index in [9.17, 15) is 7.77 Å². The van der Waals surface area contributed by atoms with Crippen LogP contribution >= 0.6 is 0 Å². The van der Waals surface area contributed by atoms with Crippen molar-refractivity contribution in [3.8, 4) is 0 Å². The van der Waals surface area contributed by atoms with Crippen molar-refractivity contribution in [3.05, 3.63) is 0 Å².